The summed E-state index contributed by atoms with van der Waals surface area (Å²) in [6.45, 7) is 3.83. The third-order valence-corrected chi connectivity index (χ3v) is 3.95. The van der Waals surface area contributed by atoms with E-state index in [1.54, 1.807) is 24.5 Å². The van der Waals surface area contributed by atoms with Crippen LogP contribution < -0.4 is 5.32 Å². The maximum Gasteiger partial charge on any atom is 0.265 e. The van der Waals surface area contributed by atoms with Gasteiger partial charge in [0.1, 0.15) is 11.9 Å². The Morgan fingerprint density at radius 3 is 2.64 bits per heavy atom. The smallest absolute Gasteiger partial charge is 0.265 e. The number of amides is 2. The van der Waals surface area contributed by atoms with E-state index in [0.717, 1.165) is 11.1 Å². The summed E-state index contributed by atoms with van der Waals surface area (Å²) in [6.07, 6.45) is 7.89. The highest BCUT2D eigenvalue weighted by atomic mass is 32.1. The molecule has 1 aromatic heterocycles. The molecule has 6 nitrogen and oxygen atoms in total. The first kappa shape index (κ1) is 16.7. The van der Waals surface area contributed by atoms with E-state index in [9.17, 15) is 9.59 Å². The first-order valence-corrected chi connectivity index (χ1v) is 7.87. The molecule has 2 amide bonds. The fraction of sp³-hybridized carbons (Fsp3) is 0.0556. The summed E-state index contributed by atoms with van der Waals surface area (Å²) >= 11 is 5.05. The fourth-order valence-electron chi connectivity index (χ4n) is 2.47. The Labute approximate surface area is 149 Å². The topological polar surface area (TPSA) is 75.2 Å². The molecule has 124 valence electrons. The van der Waals surface area contributed by atoms with E-state index in [-0.39, 0.29) is 17.2 Å². The second-order valence-corrected chi connectivity index (χ2v) is 5.62. The standard InChI is InChI=1S/C18H14N4O2S/c1-2-7-22-17(24)15(16(23)21-18(22)25)8-12-5-3-4-6-14(12)13-9-19-11-20-10-13/h2-6,8-11H,1,7H2,(H,21,23,25)/b15-8+. The van der Waals surface area contributed by atoms with Crippen molar-refractivity contribution in [2.24, 2.45) is 0 Å². The number of nitrogens with zero attached hydrogens (tertiary/aromatic N) is 3. The fourth-order valence-corrected chi connectivity index (χ4v) is 2.72. The van der Waals surface area contributed by atoms with Crippen molar-refractivity contribution < 1.29 is 9.59 Å². The van der Waals surface area contributed by atoms with Gasteiger partial charge < -0.3 is 0 Å². The monoisotopic (exact) mass is 350 g/mol. The van der Waals surface area contributed by atoms with E-state index in [0.29, 0.717) is 5.56 Å². The molecule has 1 saturated heterocycles. The number of hydrogen-bond donors (Lipinski definition) is 1. The van der Waals surface area contributed by atoms with Gasteiger partial charge in [-0.25, -0.2) is 9.97 Å². The Morgan fingerprint density at radius 1 is 1.20 bits per heavy atom. The van der Waals surface area contributed by atoms with E-state index in [4.69, 9.17) is 12.2 Å². The molecule has 0 aliphatic carbocycles. The zero-order valence-electron chi connectivity index (χ0n) is 13.2. The molecule has 1 fully saturated rings. The highest BCUT2D eigenvalue weighted by Crippen LogP contribution is 2.25. The summed E-state index contributed by atoms with van der Waals surface area (Å²) in [5, 5.41) is 2.61. The predicted octanol–water partition coefficient (Wildman–Crippen LogP) is 1.96. The summed E-state index contributed by atoms with van der Waals surface area (Å²) in [6, 6.07) is 7.40. The molecule has 0 spiro atoms. The van der Waals surface area contributed by atoms with Crippen molar-refractivity contribution >= 4 is 35.2 Å². The highest BCUT2D eigenvalue weighted by Gasteiger charge is 2.32. The third kappa shape index (κ3) is 3.36. The highest BCUT2D eigenvalue weighted by molar-refractivity contribution is 7.80. The van der Waals surface area contributed by atoms with E-state index >= 15 is 0 Å². The summed E-state index contributed by atoms with van der Waals surface area (Å²) in [7, 11) is 0. The van der Waals surface area contributed by atoms with Crippen LogP contribution in [0.2, 0.25) is 0 Å². The molecular weight excluding hydrogens is 336 g/mol. The number of hydrogen-bond acceptors (Lipinski definition) is 5. The Balaban J connectivity index is 2.06. The summed E-state index contributed by atoms with van der Waals surface area (Å²) in [5.74, 6) is -0.970. The summed E-state index contributed by atoms with van der Waals surface area (Å²) in [4.78, 5) is 34.2. The van der Waals surface area contributed by atoms with Crippen LogP contribution in [0.25, 0.3) is 17.2 Å². The number of carbonyl (C=O) groups is 2. The van der Waals surface area contributed by atoms with Gasteiger partial charge in [0.05, 0.1) is 0 Å². The third-order valence-electron chi connectivity index (χ3n) is 3.63. The molecule has 0 atom stereocenters. The van der Waals surface area contributed by atoms with E-state index in [1.165, 1.54) is 11.2 Å². The van der Waals surface area contributed by atoms with Crippen molar-refractivity contribution in [3.05, 3.63) is 66.8 Å². The van der Waals surface area contributed by atoms with Gasteiger partial charge in [0.15, 0.2) is 5.11 Å². The van der Waals surface area contributed by atoms with Crippen molar-refractivity contribution in [2.75, 3.05) is 6.54 Å². The van der Waals surface area contributed by atoms with Crippen LogP contribution in [0, 0.1) is 0 Å². The molecule has 3 rings (SSSR count). The van der Waals surface area contributed by atoms with Gasteiger partial charge in [-0.1, -0.05) is 30.3 Å². The molecule has 0 bridgehead atoms. The predicted molar refractivity (Wildman–Crippen MR) is 98.1 cm³/mol. The molecule has 25 heavy (non-hydrogen) atoms. The minimum Gasteiger partial charge on any atom is -0.298 e. The van der Waals surface area contributed by atoms with Crippen molar-refractivity contribution in [1.82, 2.24) is 20.2 Å². The molecule has 0 unspecified atom stereocenters. The van der Waals surface area contributed by atoms with Gasteiger partial charge >= 0.3 is 0 Å². The minimum absolute atomic E-state index is 0.0137. The van der Waals surface area contributed by atoms with Crippen LogP contribution in [-0.4, -0.2) is 38.3 Å². The normalized spacial score (nSPS) is 16.1. The zero-order chi connectivity index (χ0) is 17.8. The minimum atomic E-state index is -0.519. The average Bonchev–Trinajstić information content (AvgIpc) is 2.63. The van der Waals surface area contributed by atoms with Gasteiger partial charge in [-0.2, -0.15) is 0 Å². The van der Waals surface area contributed by atoms with Gasteiger partial charge in [-0.15, -0.1) is 6.58 Å². The SMILES string of the molecule is C=CCN1C(=O)/C(=C/c2ccccc2-c2cncnc2)C(=O)NC1=S. The molecule has 0 radical (unpaired) electrons. The molecule has 1 aliphatic heterocycles. The van der Waals surface area contributed by atoms with Crippen LogP contribution in [0.4, 0.5) is 0 Å². The number of thiocarbonyl (C=S) groups is 1. The maximum atomic E-state index is 12.6. The van der Waals surface area contributed by atoms with Gasteiger partial charge in [0, 0.05) is 24.5 Å². The maximum absolute atomic E-state index is 12.6. The van der Waals surface area contributed by atoms with Crippen LogP contribution in [-0.2, 0) is 9.59 Å². The largest absolute Gasteiger partial charge is 0.298 e. The molecule has 1 aliphatic rings. The van der Waals surface area contributed by atoms with Gasteiger partial charge in [0.25, 0.3) is 11.8 Å². The van der Waals surface area contributed by atoms with Crippen LogP contribution in [0.15, 0.2) is 61.2 Å². The average molecular weight is 350 g/mol. The molecule has 2 heterocycles. The lowest BCUT2D eigenvalue weighted by Crippen LogP contribution is -2.53. The quantitative estimate of drug-likeness (QED) is 0.395. The molecule has 1 aromatic carbocycles. The van der Waals surface area contributed by atoms with Gasteiger partial charge in [-0.05, 0) is 29.4 Å². The lowest BCUT2D eigenvalue weighted by atomic mass is 9.99. The van der Waals surface area contributed by atoms with Crippen molar-refractivity contribution in [3.8, 4) is 11.1 Å². The summed E-state index contributed by atoms with van der Waals surface area (Å²) in [5.41, 5.74) is 2.33. The van der Waals surface area contributed by atoms with Gasteiger partial charge in [0.2, 0.25) is 0 Å². The van der Waals surface area contributed by atoms with Crippen molar-refractivity contribution in [2.45, 2.75) is 0 Å². The van der Waals surface area contributed by atoms with Crippen molar-refractivity contribution in [3.63, 3.8) is 0 Å². The lowest BCUT2D eigenvalue weighted by molar-refractivity contribution is -0.128. The van der Waals surface area contributed by atoms with Crippen LogP contribution in [0.5, 0.6) is 0 Å². The first-order valence-electron chi connectivity index (χ1n) is 7.46. The van der Waals surface area contributed by atoms with Gasteiger partial charge in [-0.3, -0.25) is 19.8 Å². The Hall–Kier alpha value is -3.19. The van der Waals surface area contributed by atoms with E-state index in [2.05, 4.69) is 21.9 Å². The van der Waals surface area contributed by atoms with Crippen molar-refractivity contribution in [1.29, 1.82) is 0 Å². The first-order chi connectivity index (χ1) is 12.1. The van der Waals surface area contributed by atoms with E-state index in [1.807, 2.05) is 24.3 Å². The number of nitrogens with one attached hydrogen (secondary N) is 1. The van der Waals surface area contributed by atoms with Crippen LogP contribution in [0.1, 0.15) is 5.56 Å². The lowest BCUT2D eigenvalue weighted by Gasteiger charge is -2.27. The number of rotatable bonds is 4. The number of aromatic nitrogens is 2. The van der Waals surface area contributed by atoms with Crippen LogP contribution in [0.3, 0.4) is 0 Å². The molecule has 7 heteroatoms. The van der Waals surface area contributed by atoms with Crippen LogP contribution >= 0.6 is 12.2 Å². The Kier molecular flexibility index (Phi) is 4.76. The second kappa shape index (κ2) is 7.14. The zero-order valence-corrected chi connectivity index (χ0v) is 14.0. The molecule has 0 saturated carbocycles. The Morgan fingerprint density at radius 2 is 1.92 bits per heavy atom. The molecular formula is C18H14N4O2S. The number of carbonyl (C=O) groups excluding carboxylic acids is 2. The number of benzene rings is 1. The Bertz CT molecular complexity index is 893. The van der Waals surface area contributed by atoms with E-state index < -0.39 is 11.8 Å². The molecule has 1 N–H and O–H groups in total. The molecule has 2 aromatic rings. The summed E-state index contributed by atoms with van der Waals surface area (Å²) < 4.78 is 0. The second-order valence-electron chi connectivity index (χ2n) is 5.24.